The predicted molar refractivity (Wildman–Crippen MR) is 140 cm³/mol. The van der Waals surface area contributed by atoms with Gasteiger partial charge in [-0.15, -0.1) is 0 Å². The van der Waals surface area contributed by atoms with Gasteiger partial charge in [0.25, 0.3) is 0 Å². The molecule has 0 spiro atoms. The lowest BCUT2D eigenvalue weighted by Gasteiger charge is -2.32. The molecule has 0 unspecified atom stereocenters. The van der Waals surface area contributed by atoms with Crippen LogP contribution in [-0.4, -0.2) is 55.3 Å². The first-order valence-corrected chi connectivity index (χ1v) is 13.0. The molecule has 35 heavy (non-hydrogen) atoms. The highest BCUT2D eigenvalue weighted by atomic mass is 16.5. The zero-order chi connectivity index (χ0) is 24.4. The molecule has 2 heterocycles. The topological polar surface area (TPSA) is 69.7 Å². The highest BCUT2D eigenvalue weighted by Crippen LogP contribution is 2.47. The molecule has 5 rings (SSSR count). The fraction of sp³-hybridized carbons (Fsp3) is 0.483. The number of benzene rings is 2. The average molecular weight is 476 g/mol. The fourth-order valence-corrected chi connectivity index (χ4v) is 5.93. The number of ether oxygens (including phenoxy) is 2. The van der Waals surface area contributed by atoms with E-state index in [-0.39, 0.29) is 12.0 Å². The predicted octanol–water partition coefficient (Wildman–Crippen LogP) is 5.18. The third kappa shape index (κ3) is 4.57. The SMILES string of the molecule is COC(=O)c1ccc2c(C3CCCCC3)c3n(c2c1)C[C@@H](N(C)CCCN)COc1ccccc1-3. The molecule has 6 heteroatoms. The molecule has 3 aromatic rings. The molecule has 1 aromatic heterocycles. The maximum atomic E-state index is 12.5. The Morgan fingerprint density at radius 2 is 1.97 bits per heavy atom. The molecule has 2 aliphatic rings. The van der Waals surface area contributed by atoms with E-state index in [4.69, 9.17) is 15.2 Å². The highest BCUT2D eigenvalue weighted by Gasteiger charge is 2.31. The lowest BCUT2D eigenvalue weighted by atomic mass is 9.81. The van der Waals surface area contributed by atoms with Crippen molar-refractivity contribution in [2.45, 2.75) is 57.0 Å². The normalized spacial score (nSPS) is 18.5. The van der Waals surface area contributed by atoms with Crippen molar-refractivity contribution in [2.24, 2.45) is 5.73 Å². The molecule has 0 radical (unpaired) electrons. The molecule has 0 saturated heterocycles. The van der Waals surface area contributed by atoms with E-state index in [2.05, 4.69) is 46.8 Å². The first kappa shape index (κ1) is 23.9. The summed E-state index contributed by atoms with van der Waals surface area (Å²) in [6.45, 7) is 2.99. The van der Waals surface area contributed by atoms with Gasteiger partial charge in [-0.05, 0) is 75.1 Å². The molecular weight excluding hydrogens is 438 g/mol. The van der Waals surface area contributed by atoms with Crippen LogP contribution in [0.4, 0.5) is 0 Å². The molecule has 1 fully saturated rings. The van der Waals surface area contributed by atoms with Gasteiger partial charge in [-0.3, -0.25) is 4.90 Å². The standard InChI is InChI=1S/C29H37N3O3/c1-31(16-8-15-30)22-18-32-25-17-21(29(33)34-2)13-14-23(25)27(20-9-4-3-5-10-20)28(32)24-11-6-7-12-26(24)35-19-22/h6-7,11-14,17,20,22H,3-5,8-10,15-16,18-19,30H2,1-2H3/t22-/m1/s1. The Kier molecular flexibility index (Phi) is 7.12. The number of carbonyl (C=O) groups excluding carboxylic acids is 1. The molecule has 186 valence electrons. The molecule has 0 amide bonds. The monoisotopic (exact) mass is 475 g/mol. The summed E-state index contributed by atoms with van der Waals surface area (Å²) < 4.78 is 14.0. The number of esters is 1. The Morgan fingerprint density at radius 3 is 2.74 bits per heavy atom. The van der Waals surface area contributed by atoms with Crippen molar-refractivity contribution in [1.82, 2.24) is 9.47 Å². The number of para-hydroxylation sites is 1. The van der Waals surface area contributed by atoms with Crippen molar-refractivity contribution in [3.05, 3.63) is 53.6 Å². The van der Waals surface area contributed by atoms with Crippen LogP contribution in [0.2, 0.25) is 0 Å². The first-order valence-electron chi connectivity index (χ1n) is 13.0. The minimum absolute atomic E-state index is 0.185. The molecule has 1 atom stereocenters. The van der Waals surface area contributed by atoms with Gasteiger partial charge in [0.05, 0.1) is 24.4 Å². The summed E-state index contributed by atoms with van der Waals surface area (Å²) in [6, 6.07) is 14.7. The summed E-state index contributed by atoms with van der Waals surface area (Å²) in [6.07, 6.45) is 7.19. The van der Waals surface area contributed by atoms with Gasteiger partial charge in [-0.2, -0.15) is 0 Å². The first-order chi connectivity index (χ1) is 17.1. The number of fused-ring (bicyclic) bond motifs is 5. The molecule has 2 aromatic carbocycles. The number of aromatic nitrogens is 1. The summed E-state index contributed by atoms with van der Waals surface area (Å²) >= 11 is 0. The van der Waals surface area contributed by atoms with Gasteiger partial charge in [0.1, 0.15) is 12.4 Å². The van der Waals surface area contributed by atoms with Crippen molar-refractivity contribution in [3.63, 3.8) is 0 Å². The van der Waals surface area contributed by atoms with Gasteiger partial charge in [-0.25, -0.2) is 4.79 Å². The Bertz CT molecular complexity index is 1200. The average Bonchev–Trinajstić information content (AvgIpc) is 3.20. The van der Waals surface area contributed by atoms with E-state index >= 15 is 0 Å². The number of nitrogens with zero attached hydrogens (tertiary/aromatic N) is 2. The molecular formula is C29H37N3O3. The highest BCUT2D eigenvalue weighted by molar-refractivity contribution is 5.99. The van der Waals surface area contributed by atoms with Crippen LogP contribution in [-0.2, 0) is 11.3 Å². The van der Waals surface area contributed by atoms with Crippen LogP contribution in [0.5, 0.6) is 5.75 Å². The summed E-state index contributed by atoms with van der Waals surface area (Å²) in [7, 11) is 3.60. The summed E-state index contributed by atoms with van der Waals surface area (Å²) in [4.78, 5) is 14.8. The number of carbonyl (C=O) groups is 1. The van der Waals surface area contributed by atoms with E-state index in [9.17, 15) is 4.79 Å². The Labute approximate surface area is 208 Å². The molecule has 6 nitrogen and oxygen atoms in total. The van der Waals surface area contributed by atoms with Gasteiger partial charge in [-0.1, -0.05) is 37.5 Å². The Balaban J connectivity index is 1.75. The number of nitrogens with two attached hydrogens (primary N) is 1. The van der Waals surface area contributed by atoms with Crippen LogP contribution in [0, 0.1) is 0 Å². The lowest BCUT2D eigenvalue weighted by molar-refractivity contribution is 0.0601. The van der Waals surface area contributed by atoms with E-state index in [0.29, 0.717) is 24.6 Å². The van der Waals surface area contributed by atoms with Gasteiger partial charge in [0, 0.05) is 23.0 Å². The van der Waals surface area contributed by atoms with E-state index in [0.717, 1.165) is 36.3 Å². The number of hydrogen-bond donors (Lipinski definition) is 1. The van der Waals surface area contributed by atoms with Crippen molar-refractivity contribution in [1.29, 1.82) is 0 Å². The molecule has 1 aliphatic heterocycles. The number of hydrogen-bond acceptors (Lipinski definition) is 5. The largest absolute Gasteiger partial charge is 0.491 e. The van der Waals surface area contributed by atoms with Crippen LogP contribution in [0.25, 0.3) is 22.2 Å². The maximum Gasteiger partial charge on any atom is 0.337 e. The number of likely N-dealkylation sites (N-methyl/N-ethyl adjacent to an activating group) is 1. The summed E-state index contributed by atoms with van der Waals surface area (Å²) in [5.41, 5.74) is 11.3. The minimum Gasteiger partial charge on any atom is -0.491 e. The minimum atomic E-state index is -0.298. The molecule has 1 aliphatic carbocycles. The summed E-state index contributed by atoms with van der Waals surface area (Å²) in [5.74, 6) is 1.14. The van der Waals surface area contributed by atoms with Crippen LogP contribution < -0.4 is 10.5 Å². The second kappa shape index (κ2) is 10.4. The van der Waals surface area contributed by atoms with Crippen LogP contribution in [0.15, 0.2) is 42.5 Å². The zero-order valence-electron chi connectivity index (χ0n) is 21.0. The lowest BCUT2D eigenvalue weighted by Crippen LogP contribution is -2.41. The van der Waals surface area contributed by atoms with Crippen molar-refractivity contribution >= 4 is 16.9 Å². The molecule has 1 saturated carbocycles. The van der Waals surface area contributed by atoms with Crippen molar-refractivity contribution in [2.75, 3.05) is 33.9 Å². The second-order valence-electron chi connectivity index (χ2n) is 10.0. The van der Waals surface area contributed by atoms with E-state index < -0.39 is 0 Å². The third-order valence-corrected chi connectivity index (χ3v) is 7.84. The van der Waals surface area contributed by atoms with E-state index in [1.54, 1.807) is 0 Å². The smallest absolute Gasteiger partial charge is 0.337 e. The second-order valence-corrected chi connectivity index (χ2v) is 10.0. The Morgan fingerprint density at radius 1 is 1.17 bits per heavy atom. The van der Waals surface area contributed by atoms with E-state index in [1.807, 2.05) is 12.1 Å². The van der Waals surface area contributed by atoms with E-state index in [1.165, 1.54) is 55.9 Å². The van der Waals surface area contributed by atoms with Crippen LogP contribution in [0.1, 0.15) is 60.4 Å². The van der Waals surface area contributed by atoms with Crippen molar-refractivity contribution in [3.8, 4) is 17.0 Å². The fourth-order valence-electron chi connectivity index (χ4n) is 5.93. The zero-order valence-corrected chi connectivity index (χ0v) is 21.0. The maximum absolute atomic E-state index is 12.5. The van der Waals surface area contributed by atoms with Gasteiger partial charge < -0.3 is 19.8 Å². The Hall–Kier alpha value is -2.83. The third-order valence-electron chi connectivity index (χ3n) is 7.84. The van der Waals surface area contributed by atoms with Crippen LogP contribution in [0.3, 0.4) is 0 Å². The van der Waals surface area contributed by atoms with Crippen molar-refractivity contribution < 1.29 is 14.3 Å². The van der Waals surface area contributed by atoms with Gasteiger partial charge in [0.15, 0.2) is 0 Å². The quantitative estimate of drug-likeness (QED) is 0.497. The number of methoxy groups -OCH3 is 1. The summed E-state index contributed by atoms with van der Waals surface area (Å²) in [5, 5.41) is 1.25. The van der Waals surface area contributed by atoms with Gasteiger partial charge in [0.2, 0.25) is 0 Å². The van der Waals surface area contributed by atoms with Gasteiger partial charge >= 0.3 is 5.97 Å². The molecule has 0 bridgehead atoms. The van der Waals surface area contributed by atoms with Crippen LogP contribution >= 0.6 is 0 Å². The molecule has 2 N–H and O–H groups in total. The number of rotatable bonds is 6.